The van der Waals surface area contributed by atoms with Crippen LogP contribution in [-0.4, -0.2) is 36.5 Å². The van der Waals surface area contributed by atoms with E-state index in [2.05, 4.69) is 24.2 Å². The van der Waals surface area contributed by atoms with Crippen LogP contribution < -0.4 is 5.32 Å². The minimum absolute atomic E-state index is 0.171. The van der Waals surface area contributed by atoms with Gasteiger partial charge in [0.25, 0.3) is 5.69 Å². The van der Waals surface area contributed by atoms with Crippen LogP contribution in [0.2, 0.25) is 0 Å². The molecule has 1 unspecified atom stereocenters. The summed E-state index contributed by atoms with van der Waals surface area (Å²) in [6, 6.07) is 7.16. The zero-order valence-electron chi connectivity index (χ0n) is 12.2. The van der Waals surface area contributed by atoms with E-state index in [9.17, 15) is 10.1 Å². The Hall–Kier alpha value is -1.46. The molecule has 1 fully saturated rings. The number of hydrogen-bond donors (Lipinski definition) is 1. The number of piperidine rings is 1. The number of benzene rings is 1. The van der Waals surface area contributed by atoms with Crippen molar-refractivity contribution in [1.29, 1.82) is 0 Å². The Morgan fingerprint density at radius 1 is 1.45 bits per heavy atom. The number of nitro groups is 1. The summed E-state index contributed by atoms with van der Waals surface area (Å²) >= 11 is 0. The molecule has 0 amide bonds. The van der Waals surface area contributed by atoms with Gasteiger partial charge in [0.2, 0.25) is 0 Å². The van der Waals surface area contributed by atoms with E-state index in [4.69, 9.17) is 0 Å². The van der Waals surface area contributed by atoms with E-state index in [0.717, 1.165) is 31.1 Å². The Balaban J connectivity index is 2.00. The molecule has 20 heavy (non-hydrogen) atoms. The Labute approximate surface area is 120 Å². The van der Waals surface area contributed by atoms with Gasteiger partial charge in [-0.15, -0.1) is 0 Å². The molecule has 0 radical (unpaired) electrons. The van der Waals surface area contributed by atoms with Gasteiger partial charge in [-0.25, -0.2) is 0 Å². The number of nitrogens with one attached hydrogen (secondary N) is 1. The molecule has 0 aromatic heterocycles. The molecule has 0 spiro atoms. The van der Waals surface area contributed by atoms with Gasteiger partial charge in [0, 0.05) is 24.7 Å². The third-order valence-corrected chi connectivity index (χ3v) is 4.23. The molecule has 1 heterocycles. The molecule has 2 rings (SSSR count). The standard InChI is InChI=1S/C15H23N3O2/c1-12(14-4-3-5-15(10-14)18(19)20)17(2)11-13-6-8-16-9-7-13/h3-5,10,12-13,16H,6-9,11H2,1-2H3. The summed E-state index contributed by atoms with van der Waals surface area (Å²) in [6.45, 7) is 5.36. The highest BCUT2D eigenvalue weighted by atomic mass is 16.6. The molecule has 5 heteroatoms. The first-order chi connectivity index (χ1) is 9.58. The smallest absolute Gasteiger partial charge is 0.269 e. The fraction of sp³-hybridized carbons (Fsp3) is 0.600. The number of non-ortho nitro benzene ring substituents is 1. The summed E-state index contributed by atoms with van der Waals surface area (Å²) < 4.78 is 0. The molecule has 110 valence electrons. The van der Waals surface area contributed by atoms with Gasteiger partial charge < -0.3 is 5.32 Å². The summed E-state index contributed by atoms with van der Waals surface area (Å²) in [4.78, 5) is 12.8. The third kappa shape index (κ3) is 3.77. The van der Waals surface area contributed by atoms with Crippen LogP contribution in [0, 0.1) is 16.0 Å². The van der Waals surface area contributed by atoms with Gasteiger partial charge in [-0.2, -0.15) is 0 Å². The number of hydrogen-bond acceptors (Lipinski definition) is 4. The van der Waals surface area contributed by atoms with E-state index in [-0.39, 0.29) is 16.7 Å². The van der Waals surface area contributed by atoms with Crippen LogP contribution in [0.3, 0.4) is 0 Å². The minimum atomic E-state index is -0.330. The first kappa shape index (κ1) is 14.9. The monoisotopic (exact) mass is 277 g/mol. The van der Waals surface area contributed by atoms with Crippen molar-refractivity contribution < 1.29 is 4.92 Å². The van der Waals surface area contributed by atoms with E-state index >= 15 is 0 Å². The largest absolute Gasteiger partial charge is 0.317 e. The molecule has 1 saturated heterocycles. The summed E-state index contributed by atoms with van der Waals surface area (Å²) in [7, 11) is 2.10. The normalized spacial score (nSPS) is 18.1. The first-order valence-electron chi connectivity index (χ1n) is 7.23. The van der Waals surface area contributed by atoms with Crippen LogP contribution in [0.1, 0.15) is 31.4 Å². The lowest BCUT2D eigenvalue weighted by atomic mass is 9.96. The van der Waals surface area contributed by atoms with Gasteiger partial charge >= 0.3 is 0 Å². The zero-order chi connectivity index (χ0) is 14.5. The first-order valence-corrected chi connectivity index (χ1v) is 7.23. The lowest BCUT2D eigenvalue weighted by Crippen LogP contribution is -2.35. The topological polar surface area (TPSA) is 58.4 Å². The molecule has 1 aromatic rings. The number of rotatable bonds is 5. The van der Waals surface area contributed by atoms with Crippen LogP contribution in [0.4, 0.5) is 5.69 Å². The summed E-state index contributed by atoms with van der Waals surface area (Å²) in [5.74, 6) is 0.724. The Kier molecular flexibility index (Phi) is 5.09. The average molecular weight is 277 g/mol. The van der Waals surface area contributed by atoms with Crippen molar-refractivity contribution in [2.75, 3.05) is 26.7 Å². The van der Waals surface area contributed by atoms with Gasteiger partial charge in [0.05, 0.1) is 4.92 Å². The molecule has 1 aromatic carbocycles. The summed E-state index contributed by atoms with van der Waals surface area (Å²) in [5, 5.41) is 14.2. The van der Waals surface area contributed by atoms with Crippen molar-refractivity contribution in [3.05, 3.63) is 39.9 Å². The van der Waals surface area contributed by atoms with Crippen LogP contribution >= 0.6 is 0 Å². The summed E-state index contributed by atoms with van der Waals surface area (Å²) in [6.07, 6.45) is 2.43. The van der Waals surface area contributed by atoms with Crippen molar-refractivity contribution >= 4 is 5.69 Å². The predicted molar refractivity (Wildman–Crippen MR) is 79.7 cm³/mol. The quantitative estimate of drug-likeness (QED) is 0.664. The van der Waals surface area contributed by atoms with Gasteiger partial charge in [-0.05, 0) is 51.4 Å². The molecular formula is C15H23N3O2. The summed E-state index contributed by atoms with van der Waals surface area (Å²) in [5.41, 5.74) is 1.18. The molecule has 1 N–H and O–H groups in total. The molecule has 0 bridgehead atoms. The molecule has 0 saturated carbocycles. The van der Waals surface area contributed by atoms with Gasteiger partial charge in [-0.1, -0.05) is 12.1 Å². The maximum atomic E-state index is 10.8. The minimum Gasteiger partial charge on any atom is -0.317 e. The van der Waals surface area contributed by atoms with Gasteiger partial charge in [0.15, 0.2) is 0 Å². The van der Waals surface area contributed by atoms with Gasteiger partial charge in [0.1, 0.15) is 0 Å². The Bertz CT molecular complexity index is 458. The molecule has 1 aliphatic heterocycles. The van der Waals surface area contributed by atoms with E-state index in [0.29, 0.717) is 0 Å². The van der Waals surface area contributed by atoms with Crippen molar-refractivity contribution in [2.45, 2.75) is 25.8 Å². The Morgan fingerprint density at radius 3 is 2.80 bits per heavy atom. The highest BCUT2D eigenvalue weighted by Crippen LogP contribution is 2.25. The van der Waals surface area contributed by atoms with Crippen molar-refractivity contribution in [3.63, 3.8) is 0 Å². The second kappa shape index (κ2) is 6.81. The molecule has 1 aliphatic rings. The molecule has 1 atom stereocenters. The van der Waals surface area contributed by atoms with E-state index in [1.54, 1.807) is 18.2 Å². The maximum absolute atomic E-state index is 10.8. The van der Waals surface area contributed by atoms with Crippen LogP contribution in [0.15, 0.2) is 24.3 Å². The second-order valence-corrected chi connectivity index (χ2v) is 5.66. The van der Waals surface area contributed by atoms with Crippen LogP contribution in [0.25, 0.3) is 0 Å². The maximum Gasteiger partial charge on any atom is 0.269 e. The van der Waals surface area contributed by atoms with Crippen molar-refractivity contribution in [2.24, 2.45) is 5.92 Å². The molecule has 0 aliphatic carbocycles. The fourth-order valence-electron chi connectivity index (χ4n) is 2.78. The third-order valence-electron chi connectivity index (χ3n) is 4.23. The Morgan fingerprint density at radius 2 is 2.15 bits per heavy atom. The van der Waals surface area contributed by atoms with Crippen LogP contribution in [0.5, 0.6) is 0 Å². The lowest BCUT2D eigenvalue weighted by molar-refractivity contribution is -0.384. The van der Waals surface area contributed by atoms with Crippen molar-refractivity contribution in [3.8, 4) is 0 Å². The van der Waals surface area contributed by atoms with E-state index in [1.807, 2.05) is 6.07 Å². The SMILES string of the molecule is CC(c1cccc([N+](=O)[O-])c1)N(C)CC1CCNCC1. The highest BCUT2D eigenvalue weighted by Gasteiger charge is 2.20. The zero-order valence-corrected chi connectivity index (χ0v) is 12.2. The van der Waals surface area contributed by atoms with Crippen molar-refractivity contribution in [1.82, 2.24) is 10.2 Å². The molecule has 5 nitrogen and oxygen atoms in total. The van der Waals surface area contributed by atoms with E-state index < -0.39 is 0 Å². The number of nitrogens with zero attached hydrogens (tertiary/aromatic N) is 2. The highest BCUT2D eigenvalue weighted by molar-refractivity contribution is 5.35. The fourth-order valence-corrected chi connectivity index (χ4v) is 2.78. The second-order valence-electron chi connectivity index (χ2n) is 5.66. The number of nitro benzene ring substituents is 1. The molecular weight excluding hydrogens is 254 g/mol. The average Bonchev–Trinajstić information content (AvgIpc) is 2.47. The van der Waals surface area contributed by atoms with E-state index in [1.165, 1.54) is 12.8 Å². The van der Waals surface area contributed by atoms with Gasteiger partial charge in [-0.3, -0.25) is 15.0 Å². The van der Waals surface area contributed by atoms with Crippen LogP contribution in [-0.2, 0) is 0 Å². The lowest BCUT2D eigenvalue weighted by Gasteiger charge is -2.31. The predicted octanol–water partition coefficient (Wildman–Crippen LogP) is 2.59.